The van der Waals surface area contributed by atoms with Gasteiger partial charge in [-0.3, -0.25) is 4.79 Å². The first kappa shape index (κ1) is 17.9. The Morgan fingerprint density at radius 1 is 1.00 bits per heavy atom. The lowest BCUT2D eigenvalue weighted by atomic mass is 10.1. The number of benzene rings is 2. The van der Waals surface area contributed by atoms with E-state index in [4.69, 9.17) is 11.6 Å². The van der Waals surface area contributed by atoms with Gasteiger partial charge < -0.3 is 10.6 Å². The van der Waals surface area contributed by atoms with Crippen LogP contribution in [0, 0.1) is 13.8 Å². The topological polar surface area (TPSA) is 66.9 Å². The van der Waals surface area contributed by atoms with Crippen molar-refractivity contribution < 1.29 is 4.79 Å². The van der Waals surface area contributed by atoms with Crippen LogP contribution in [0.4, 0.5) is 11.5 Å². The first-order chi connectivity index (χ1) is 12.5. The predicted octanol–water partition coefficient (Wildman–Crippen LogP) is 4.61. The lowest BCUT2D eigenvalue weighted by Crippen LogP contribution is -2.14. The Morgan fingerprint density at radius 2 is 1.69 bits per heavy atom. The fraction of sp³-hybridized carbons (Fsp3) is 0.150. The highest BCUT2D eigenvalue weighted by Crippen LogP contribution is 2.15. The Morgan fingerprint density at radius 3 is 2.31 bits per heavy atom. The smallest absolute Gasteiger partial charge is 0.275 e. The molecule has 0 saturated carbocycles. The molecule has 0 atom stereocenters. The second-order valence-corrected chi connectivity index (χ2v) is 6.53. The summed E-state index contributed by atoms with van der Waals surface area (Å²) in [5.41, 5.74) is 4.27. The fourth-order valence-corrected chi connectivity index (χ4v) is 2.70. The van der Waals surface area contributed by atoms with Crippen molar-refractivity contribution in [3.05, 3.63) is 82.3 Å². The molecule has 0 fully saturated rings. The van der Waals surface area contributed by atoms with Crippen LogP contribution in [-0.2, 0) is 6.54 Å². The van der Waals surface area contributed by atoms with E-state index in [0.717, 1.165) is 22.4 Å². The van der Waals surface area contributed by atoms with Crippen LogP contribution in [0.2, 0.25) is 5.02 Å². The summed E-state index contributed by atoms with van der Waals surface area (Å²) in [6, 6.07) is 13.4. The van der Waals surface area contributed by atoms with Crippen LogP contribution in [0.1, 0.15) is 27.2 Å². The molecule has 1 aromatic heterocycles. The molecule has 3 rings (SSSR count). The Kier molecular flexibility index (Phi) is 5.49. The van der Waals surface area contributed by atoms with Crippen molar-refractivity contribution in [1.82, 2.24) is 9.97 Å². The summed E-state index contributed by atoms with van der Waals surface area (Å²) < 4.78 is 0. The molecule has 0 aliphatic carbocycles. The van der Waals surface area contributed by atoms with Gasteiger partial charge in [0.25, 0.3) is 5.91 Å². The minimum absolute atomic E-state index is 0.265. The van der Waals surface area contributed by atoms with E-state index >= 15 is 0 Å². The maximum atomic E-state index is 12.3. The van der Waals surface area contributed by atoms with Crippen molar-refractivity contribution in [1.29, 1.82) is 0 Å². The molecule has 1 amide bonds. The molecule has 0 spiro atoms. The van der Waals surface area contributed by atoms with E-state index in [9.17, 15) is 4.79 Å². The van der Waals surface area contributed by atoms with Gasteiger partial charge in [-0.15, -0.1) is 0 Å². The Balaban J connectivity index is 1.61. The van der Waals surface area contributed by atoms with Gasteiger partial charge in [0.05, 0.1) is 12.4 Å². The van der Waals surface area contributed by atoms with Crippen LogP contribution < -0.4 is 10.6 Å². The van der Waals surface area contributed by atoms with Crippen LogP contribution in [0.3, 0.4) is 0 Å². The number of rotatable bonds is 5. The zero-order valence-corrected chi connectivity index (χ0v) is 15.3. The highest BCUT2D eigenvalue weighted by molar-refractivity contribution is 6.30. The second kappa shape index (κ2) is 7.97. The summed E-state index contributed by atoms with van der Waals surface area (Å²) in [7, 11) is 0. The number of hydrogen-bond donors (Lipinski definition) is 2. The van der Waals surface area contributed by atoms with E-state index in [0.29, 0.717) is 17.4 Å². The van der Waals surface area contributed by atoms with Crippen molar-refractivity contribution in [2.45, 2.75) is 20.4 Å². The third-order valence-corrected chi connectivity index (χ3v) is 4.00. The van der Waals surface area contributed by atoms with E-state index in [1.165, 1.54) is 6.20 Å². The number of nitrogens with zero attached hydrogens (tertiary/aromatic N) is 2. The van der Waals surface area contributed by atoms with Crippen LogP contribution in [-0.4, -0.2) is 15.9 Å². The first-order valence-electron chi connectivity index (χ1n) is 8.19. The molecule has 0 aliphatic heterocycles. The Hall–Kier alpha value is -2.92. The van der Waals surface area contributed by atoms with Gasteiger partial charge in [0, 0.05) is 17.3 Å². The third-order valence-electron chi connectivity index (χ3n) is 3.75. The number of carbonyl (C=O) groups excluding carboxylic acids is 1. The normalized spacial score (nSPS) is 10.4. The van der Waals surface area contributed by atoms with Gasteiger partial charge in [-0.25, -0.2) is 9.97 Å². The average Bonchev–Trinajstić information content (AvgIpc) is 2.61. The van der Waals surface area contributed by atoms with Gasteiger partial charge in [0.15, 0.2) is 0 Å². The highest BCUT2D eigenvalue weighted by atomic mass is 35.5. The molecule has 3 aromatic rings. The maximum Gasteiger partial charge on any atom is 0.275 e. The van der Waals surface area contributed by atoms with Gasteiger partial charge in [-0.1, -0.05) is 29.8 Å². The van der Waals surface area contributed by atoms with E-state index in [2.05, 4.69) is 26.7 Å². The second-order valence-electron chi connectivity index (χ2n) is 6.10. The number of hydrogen-bond acceptors (Lipinski definition) is 4. The van der Waals surface area contributed by atoms with Gasteiger partial charge in [-0.05, 0) is 54.8 Å². The van der Waals surface area contributed by atoms with E-state index < -0.39 is 0 Å². The number of halogens is 1. The van der Waals surface area contributed by atoms with Gasteiger partial charge in [-0.2, -0.15) is 0 Å². The fourth-order valence-electron chi connectivity index (χ4n) is 2.57. The zero-order valence-electron chi connectivity index (χ0n) is 14.6. The first-order valence-corrected chi connectivity index (χ1v) is 8.57. The van der Waals surface area contributed by atoms with Crippen molar-refractivity contribution in [3.8, 4) is 0 Å². The summed E-state index contributed by atoms with van der Waals surface area (Å²) in [5, 5.41) is 6.71. The molecule has 0 saturated heterocycles. The van der Waals surface area contributed by atoms with E-state index in [1.807, 2.05) is 50.2 Å². The largest absolute Gasteiger partial charge is 0.365 e. The summed E-state index contributed by atoms with van der Waals surface area (Å²) in [6.07, 6.45) is 3.01. The van der Waals surface area contributed by atoms with Crippen molar-refractivity contribution in [2.75, 3.05) is 10.6 Å². The van der Waals surface area contributed by atoms with Gasteiger partial charge >= 0.3 is 0 Å². The van der Waals surface area contributed by atoms with Gasteiger partial charge in [0.2, 0.25) is 0 Å². The lowest BCUT2D eigenvalue weighted by molar-refractivity contribution is 0.102. The van der Waals surface area contributed by atoms with Crippen LogP contribution in [0.25, 0.3) is 0 Å². The summed E-state index contributed by atoms with van der Waals surface area (Å²) in [6.45, 7) is 4.58. The molecule has 26 heavy (non-hydrogen) atoms. The molecule has 0 unspecified atom stereocenters. The molecule has 5 nitrogen and oxygen atoms in total. The van der Waals surface area contributed by atoms with E-state index in [1.54, 1.807) is 6.20 Å². The third kappa shape index (κ3) is 4.80. The number of nitrogens with one attached hydrogen (secondary N) is 2. The predicted molar refractivity (Wildman–Crippen MR) is 105 cm³/mol. The van der Waals surface area contributed by atoms with Crippen LogP contribution >= 0.6 is 11.6 Å². The number of amides is 1. The van der Waals surface area contributed by atoms with E-state index in [-0.39, 0.29) is 11.6 Å². The van der Waals surface area contributed by atoms with Crippen LogP contribution in [0.15, 0.2) is 54.9 Å². The molecule has 2 N–H and O–H groups in total. The molecular weight excluding hydrogens is 348 g/mol. The number of carbonyl (C=O) groups is 1. The highest BCUT2D eigenvalue weighted by Gasteiger charge is 2.09. The molecule has 2 aromatic carbocycles. The number of aryl methyl sites for hydroxylation is 2. The molecule has 0 radical (unpaired) electrons. The quantitative estimate of drug-likeness (QED) is 0.691. The Bertz CT molecular complexity index is 888. The number of anilines is 2. The monoisotopic (exact) mass is 366 g/mol. The molecule has 6 heteroatoms. The summed E-state index contributed by atoms with van der Waals surface area (Å²) in [5.74, 6) is 0.314. The molecule has 132 valence electrons. The standard InChI is InChI=1S/C20H19ClN4O/c1-13-7-14(2)9-17(8-13)25-20(26)18-11-24-19(12-22-18)23-10-15-3-5-16(21)6-4-15/h3-9,11-12H,10H2,1-2H3,(H,23,24)(H,25,26). The minimum atomic E-state index is -0.285. The summed E-state index contributed by atoms with van der Waals surface area (Å²) >= 11 is 5.87. The van der Waals surface area contributed by atoms with Crippen LogP contribution in [0.5, 0.6) is 0 Å². The van der Waals surface area contributed by atoms with Crippen molar-refractivity contribution in [3.63, 3.8) is 0 Å². The molecule has 0 bridgehead atoms. The van der Waals surface area contributed by atoms with Crippen molar-refractivity contribution >= 4 is 29.0 Å². The molecular formula is C20H19ClN4O. The lowest BCUT2D eigenvalue weighted by Gasteiger charge is -2.08. The maximum absolute atomic E-state index is 12.3. The summed E-state index contributed by atoms with van der Waals surface area (Å²) in [4.78, 5) is 20.7. The zero-order chi connectivity index (χ0) is 18.5. The van der Waals surface area contributed by atoms with Gasteiger partial charge in [0.1, 0.15) is 11.5 Å². The molecule has 1 heterocycles. The average molecular weight is 367 g/mol. The Labute approximate surface area is 157 Å². The number of aromatic nitrogens is 2. The molecule has 0 aliphatic rings. The van der Waals surface area contributed by atoms with Crippen molar-refractivity contribution in [2.24, 2.45) is 0 Å². The SMILES string of the molecule is Cc1cc(C)cc(NC(=O)c2cnc(NCc3ccc(Cl)cc3)cn2)c1. The minimum Gasteiger partial charge on any atom is -0.365 e.